The van der Waals surface area contributed by atoms with Crippen LogP contribution in [0.5, 0.6) is 5.75 Å². The van der Waals surface area contributed by atoms with Gasteiger partial charge in [-0.3, -0.25) is 0 Å². The van der Waals surface area contributed by atoms with Gasteiger partial charge in [-0.25, -0.2) is 0 Å². The zero-order valence-electron chi connectivity index (χ0n) is 13.6. The van der Waals surface area contributed by atoms with Crippen LogP contribution >= 0.6 is 0 Å². The minimum absolute atomic E-state index is 0.114. The minimum Gasteiger partial charge on any atom is -0.495 e. The van der Waals surface area contributed by atoms with Gasteiger partial charge in [0.2, 0.25) is 0 Å². The van der Waals surface area contributed by atoms with Crippen LogP contribution in [0.25, 0.3) is 0 Å². The molecule has 0 bridgehead atoms. The van der Waals surface area contributed by atoms with Gasteiger partial charge in [0.05, 0.1) is 19.3 Å². The predicted molar refractivity (Wildman–Crippen MR) is 87.1 cm³/mol. The molecule has 0 spiro atoms. The van der Waals surface area contributed by atoms with Gasteiger partial charge in [0, 0.05) is 6.42 Å². The average Bonchev–Trinajstić information content (AvgIpc) is 2.91. The Morgan fingerprint density at radius 1 is 1.10 bits per heavy atom. The van der Waals surface area contributed by atoms with Crippen molar-refractivity contribution in [1.82, 2.24) is 0 Å². The molecular weight excluding hydrogens is 262 g/mol. The van der Waals surface area contributed by atoms with Crippen molar-refractivity contribution in [3.8, 4) is 5.75 Å². The molecule has 0 aliphatic rings. The first-order chi connectivity index (χ1) is 9.94. The van der Waals surface area contributed by atoms with E-state index in [0.717, 1.165) is 29.4 Å². The van der Waals surface area contributed by atoms with Gasteiger partial charge in [0.25, 0.3) is 0 Å². The van der Waals surface area contributed by atoms with E-state index in [9.17, 15) is 0 Å². The Labute approximate surface area is 127 Å². The molecule has 1 aromatic heterocycles. The lowest BCUT2D eigenvalue weighted by Gasteiger charge is -2.21. The van der Waals surface area contributed by atoms with Gasteiger partial charge in [-0.1, -0.05) is 33.8 Å². The van der Waals surface area contributed by atoms with Crippen LogP contribution in [0.1, 0.15) is 44.8 Å². The summed E-state index contributed by atoms with van der Waals surface area (Å²) in [7, 11) is 1.69. The molecule has 21 heavy (non-hydrogen) atoms. The normalized spacial score (nSPS) is 11.5. The van der Waals surface area contributed by atoms with E-state index in [-0.39, 0.29) is 5.41 Å². The van der Waals surface area contributed by atoms with Crippen LogP contribution in [0.2, 0.25) is 0 Å². The molecule has 2 rings (SSSR count). The number of nitrogens with one attached hydrogen (secondary N) is 1. The van der Waals surface area contributed by atoms with Crippen LogP contribution in [-0.2, 0) is 18.4 Å². The fourth-order valence-corrected chi connectivity index (χ4v) is 2.20. The smallest absolute Gasteiger partial charge is 0.141 e. The first-order valence-corrected chi connectivity index (χ1v) is 7.44. The second kappa shape index (κ2) is 6.25. The van der Waals surface area contributed by atoms with Gasteiger partial charge >= 0.3 is 0 Å². The monoisotopic (exact) mass is 287 g/mol. The van der Waals surface area contributed by atoms with Crippen LogP contribution in [0.3, 0.4) is 0 Å². The van der Waals surface area contributed by atoms with Crippen LogP contribution in [-0.4, -0.2) is 7.11 Å². The van der Waals surface area contributed by atoms with Crippen molar-refractivity contribution >= 4 is 5.69 Å². The molecule has 1 heterocycles. The molecule has 0 atom stereocenters. The summed E-state index contributed by atoms with van der Waals surface area (Å²) in [4.78, 5) is 0. The maximum Gasteiger partial charge on any atom is 0.141 e. The van der Waals surface area contributed by atoms with Crippen molar-refractivity contribution in [3.63, 3.8) is 0 Å². The summed E-state index contributed by atoms with van der Waals surface area (Å²) in [6.07, 6.45) is 0.919. The molecule has 0 saturated heterocycles. The summed E-state index contributed by atoms with van der Waals surface area (Å²) in [5, 5.41) is 3.41. The van der Waals surface area contributed by atoms with E-state index >= 15 is 0 Å². The summed E-state index contributed by atoms with van der Waals surface area (Å²) in [6, 6.07) is 10.3. The van der Waals surface area contributed by atoms with E-state index in [2.05, 4.69) is 45.1 Å². The van der Waals surface area contributed by atoms with Gasteiger partial charge < -0.3 is 14.5 Å². The lowest BCUT2D eigenvalue weighted by Crippen LogP contribution is -2.12. The van der Waals surface area contributed by atoms with E-state index < -0.39 is 0 Å². The Balaban J connectivity index is 2.17. The Morgan fingerprint density at radius 2 is 1.81 bits per heavy atom. The number of anilines is 1. The highest BCUT2D eigenvalue weighted by Gasteiger charge is 2.16. The zero-order valence-corrected chi connectivity index (χ0v) is 13.6. The second-order valence-electron chi connectivity index (χ2n) is 6.24. The highest BCUT2D eigenvalue weighted by Crippen LogP contribution is 2.31. The number of rotatable bonds is 5. The molecule has 0 fully saturated rings. The number of hydrogen-bond donors (Lipinski definition) is 1. The molecule has 114 valence electrons. The Hall–Kier alpha value is -1.90. The van der Waals surface area contributed by atoms with Crippen LogP contribution in [0.15, 0.2) is 34.7 Å². The largest absolute Gasteiger partial charge is 0.495 e. The third kappa shape index (κ3) is 3.81. The van der Waals surface area contributed by atoms with Crippen LogP contribution in [0, 0.1) is 0 Å². The molecule has 2 aromatic rings. The van der Waals surface area contributed by atoms with Gasteiger partial charge in [0.1, 0.15) is 17.3 Å². The van der Waals surface area contributed by atoms with E-state index in [0.29, 0.717) is 6.54 Å². The van der Waals surface area contributed by atoms with E-state index in [4.69, 9.17) is 9.15 Å². The summed E-state index contributed by atoms with van der Waals surface area (Å²) in [6.45, 7) is 9.37. The summed E-state index contributed by atoms with van der Waals surface area (Å²) in [5.74, 6) is 2.81. The SMILES string of the molecule is CCc1ccc(CNc2cc(C(C)(C)C)ccc2OC)o1. The standard InChI is InChI=1S/C18H25NO2/c1-6-14-8-9-15(21-14)12-19-16-11-13(18(2,3)4)7-10-17(16)20-5/h7-11,19H,6,12H2,1-5H3. The average molecular weight is 287 g/mol. The summed E-state index contributed by atoms with van der Waals surface area (Å²) >= 11 is 0. The summed E-state index contributed by atoms with van der Waals surface area (Å²) in [5.41, 5.74) is 2.39. The zero-order chi connectivity index (χ0) is 15.5. The van der Waals surface area contributed by atoms with Gasteiger partial charge in [-0.15, -0.1) is 0 Å². The Morgan fingerprint density at radius 3 is 2.38 bits per heavy atom. The predicted octanol–water partition coefficient (Wildman–Crippen LogP) is 4.76. The third-order valence-electron chi connectivity index (χ3n) is 3.58. The maximum atomic E-state index is 5.72. The molecule has 0 unspecified atom stereocenters. The fraction of sp³-hybridized carbons (Fsp3) is 0.444. The van der Waals surface area contributed by atoms with Crippen molar-refractivity contribution in [1.29, 1.82) is 0 Å². The number of aryl methyl sites for hydroxylation is 1. The molecule has 1 aromatic carbocycles. The van der Waals surface area contributed by atoms with Crippen molar-refractivity contribution in [3.05, 3.63) is 47.4 Å². The van der Waals surface area contributed by atoms with Crippen molar-refractivity contribution < 1.29 is 9.15 Å². The van der Waals surface area contributed by atoms with Crippen molar-refractivity contribution in [2.45, 2.75) is 46.1 Å². The minimum atomic E-state index is 0.114. The molecule has 0 amide bonds. The number of benzene rings is 1. The van der Waals surface area contributed by atoms with Crippen molar-refractivity contribution in [2.24, 2.45) is 0 Å². The summed E-state index contributed by atoms with van der Waals surface area (Å²) < 4.78 is 11.2. The van der Waals surface area contributed by atoms with Gasteiger partial charge in [-0.05, 0) is 35.2 Å². The van der Waals surface area contributed by atoms with Gasteiger partial charge in [-0.2, -0.15) is 0 Å². The fourth-order valence-electron chi connectivity index (χ4n) is 2.20. The third-order valence-corrected chi connectivity index (χ3v) is 3.58. The quantitative estimate of drug-likeness (QED) is 0.861. The van der Waals surface area contributed by atoms with E-state index in [1.165, 1.54) is 5.56 Å². The van der Waals surface area contributed by atoms with Crippen LogP contribution < -0.4 is 10.1 Å². The number of hydrogen-bond acceptors (Lipinski definition) is 3. The lowest BCUT2D eigenvalue weighted by molar-refractivity contribution is 0.415. The Bertz CT molecular complexity index is 594. The van der Waals surface area contributed by atoms with Crippen molar-refractivity contribution in [2.75, 3.05) is 12.4 Å². The molecule has 3 nitrogen and oxygen atoms in total. The lowest BCUT2D eigenvalue weighted by atomic mass is 9.87. The highest BCUT2D eigenvalue weighted by molar-refractivity contribution is 5.59. The number of ether oxygens (including phenoxy) is 1. The molecule has 0 radical (unpaired) electrons. The molecule has 1 N–H and O–H groups in total. The topological polar surface area (TPSA) is 34.4 Å². The number of methoxy groups -OCH3 is 1. The molecular formula is C18H25NO2. The van der Waals surface area contributed by atoms with Gasteiger partial charge in [0.15, 0.2) is 0 Å². The molecule has 0 aliphatic heterocycles. The van der Waals surface area contributed by atoms with Crippen LogP contribution in [0.4, 0.5) is 5.69 Å². The Kier molecular flexibility index (Phi) is 4.61. The molecule has 0 aliphatic carbocycles. The maximum absolute atomic E-state index is 5.72. The molecule has 3 heteroatoms. The first kappa shape index (κ1) is 15.5. The van der Waals surface area contributed by atoms with E-state index in [1.807, 2.05) is 18.2 Å². The second-order valence-corrected chi connectivity index (χ2v) is 6.24. The number of furan rings is 1. The first-order valence-electron chi connectivity index (χ1n) is 7.44. The highest BCUT2D eigenvalue weighted by atomic mass is 16.5. The molecule has 0 saturated carbocycles. The van der Waals surface area contributed by atoms with E-state index in [1.54, 1.807) is 7.11 Å².